The summed E-state index contributed by atoms with van der Waals surface area (Å²) < 4.78 is 0. The Bertz CT molecular complexity index is 234. The highest BCUT2D eigenvalue weighted by Gasteiger charge is 2.14. The second-order valence-corrected chi connectivity index (χ2v) is 5.01. The van der Waals surface area contributed by atoms with Crippen LogP contribution >= 0.6 is 0 Å². The molecule has 1 rings (SSSR count). The van der Waals surface area contributed by atoms with E-state index in [4.69, 9.17) is 5.11 Å². The summed E-state index contributed by atoms with van der Waals surface area (Å²) in [5.74, 6) is -0.243. The van der Waals surface area contributed by atoms with Crippen molar-refractivity contribution in [2.45, 2.75) is 33.2 Å². The van der Waals surface area contributed by atoms with E-state index in [0.29, 0.717) is 12.8 Å². The number of hydrogen-bond acceptors (Lipinski definition) is 5. The monoisotopic (exact) mass is 303 g/mol. The van der Waals surface area contributed by atoms with Gasteiger partial charge in [0.15, 0.2) is 0 Å². The molecule has 1 fully saturated rings. The first-order valence-electron chi connectivity index (χ1n) is 7.68. The SMILES string of the molecule is CC.CC(C=O)C(CCO)NC=O.CN1CCN(C)CC1. The summed E-state index contributed by atoms with van der Waals surface area (Å²) >= 11 is 0. The molecule has 0 spiro atoms. The lowest BCUT2D eigenvalue weighted by Crippen LogP contribution is -2.42. The van der Waals surface area contributed by atoms with E-state index in [1.165, 1.54) is 26.2 Å². The molecule has 0 aromatic rings. The minimum atomic E-state index is -0.243. The third kappa shape index (κ3) is 12.5. The summed E-state index contributed by atoms with van der Waals surface area (Å²) in [7, 11) is 4.35. The van der Waals surface area contributed by atoms with Crippen molar-refractivity contribution in [2.75, 3.05) is 46.9 Å². The number of hydrogen-bond donors (Lipinski definition) is 2. The molecule has 1 aliphatic rings. The first-order chi connectivity index (χ1) is 10.0. The summed E-state index contributed by atoms with van der Waals surface area (Å²) in [4.78, 5) is 25.0. The largest absolute Gasteiger partial charge is 0.396 e. The lowest BCUT2D eigenvalue weighted by atomic mass is 10.0. The number of nitrogens with zero attached hydrogens (tertiary/aromatic N) is 2. The van der Waals surface area contributed by atoms with Crippen molar-refractivity contribution in [1.29, 1.82) is 0 Å². The minimum Gasteiger partial charge on any atom is -0.396 e. The van der Waals surface area contributed by atoms with Gasteiger partial charge in [0.1, 0.15) is 6.29 Å². The van der Waals surface area contributed by atoms with Gasteiger partial charge < -0.3 is 25.0 Å². The standard InChI is InChI=1S/C7H13NO3.C6H14N2.C2H6/c1-6(4-10)7(2-3-9)8-5-11;1-7-3-5-8(2)6-4-7;1-2/h4-7,9H,2-3H2,1H3,(H,8,11);3-6H2,1-2H3;1-2H3. The number of aldehydes is 1. The molecular weight excluding hydrogens is 270 g/mol. The van der Waals surface area contributed by atoms with Crippen LogP contribution in [0.4, 0.5) is 0 Å². The summed E-state index contributed by atoms with van der Waals surface area (Å²) in [6.45, 7) is 10.6. The lowest BCUT2D eigenvalue weighted by Gasteiger charge is -2.28. The highest BCUT2D eigenvalue weighted by molar-refractivity contribution is 5.56. The summed E-state index contributed by atoms with van der Waals surface area (Å²) in [6, 6.07) is -0.241. The topological polar surface area (TPSA) is 72.9 Å². The predicted molar refractivity (Wildman–Crippen MR) is 86.3 cm³/mol. The van der Waals surface area contributed by atoms with Gasteiger partial charge in [-0.05, 0) is 20.5 Å². The maximum atomic E-state index is 10.3. The van der Waals surface area contributed by atoms with Gasteiger partial charge >= 0.3 is 0 Å². The molecule has 2 atom stereocenters. The van der Waals surface area contributed by atoms with E-state index in [1.807, 2.05) is 13.8 Å². The van der Waals surface area contributed by atoms with Gasteiger partial charge in [0.2, 0.25) is 6.41 Å². The van der Waals surface area contributed by atoms with Crippen LogP contribution in [0.15, 0.2) is 0 Å². The molecule has 0 aromatic carbocycles. The molecule has 21 heavy (non-hydrogen) atoms. The van der Waals surface area contributed by atoms with E-state index in [1.54, 1.807) is 6.92 Å². The van der Waals surface area contributed by atoms with Crippen LogP contribution in [-0.2, 0) is 9.59 Å². The van der Waals surface area contributed by atoms with Gasteiger partial charge in [-0.15, -0.1) is 0 Å². The molecular formula is C15H33N3O3. The molecule has 1 saturated heterocycles. The first kappa shape index (κ1) is 22.3. The Morgan fingerprint density at radius 3 is 1.81 bits per heavy atom. The maximum Gasteiger partial charge on any atom is 0.207 e. The Morgan fingerprint density at radius 2 is 1.52 bits per heavy atom. The Balaban J connectivity index is 0. The fourth-order valence-electron chi connectivity index (χ4n) is 1.73. The number of piperazine rings is 1. The Kier molecular flexibility index (Phi) is 16.4. The zero-order chi connectivity index (χ0) is 16.7. The molecule has 0 aromatic heterocycles. The molecule has 0 bridgehead atoms. The summed E-state index contributed by atoms with van der Waals surface area (Å²) in [5, 5.41) is 11.0. The number of amides is 1. The van der Waals surface area contributed by atoms with E-state index in [2.05, 4.69) is 29.2 Å². The Hall–Kier alpha value is -0.980. The van der Waals surface area contributed by atoms with Crippen molar-refractivity contribution in [3.63, 3.8) is 0 Å². The van der Waals surface area contributed by atoms with Crippen molar-refractivity contribution in [3.8, 4) is 0 Å². The third-order valence-electron chi connectivity index (χ3n) is 3.30. The molecule has 0 saturated carbocycles. The number of rotatable bonds is 6. The Morgan fingerprint density at radius 1 is 1.10 bits per heavy atom. The average molecular weight is 303 g/mol. The van der Waals surface area contributed by atoms with Crippen molar-refractivity contribution < 1.29 is 14.7 Å². The smallest absolute Gasteiger partial charge is 0.207 e. The van der Waals surface area contributed by atoms with Crippen LogP contribution in [0.2, 0.25) is 0 Å². The molecule has 2 N–H and O–H groups in total. The van der Waals surface area contributed by atoms with Crippen LogP contribution in [0.25, 0.3) is 0 Å². The second kappa shape index (κ2) is 15.4. The van der Waals surface area contributed by atoms with Crippen LogP contribution in [0, 0.1) is 5.92 Å². The van der Waals surface area contributed by atoms with Crippen LogP contribution in [0.5, 0.6) is 0 Å². The zero-order valence-electron chi connectivity index (χ0n) is 14.2. The van der Waals surface area contributed by atoms with Gasteiger partial charge in [-0.3, -0.25) is 4.79 Å². The fourth-order valence-corrected chi connectivity index (χ4v) is 1.73. The molecule has 1 amide bonds. The number of nitrogens with one attached hydrogen (secondary N) is 1. The molecule has 2 unspecified atom stereocenters. The molecule has 0 aliphatic carbocycles. The Labute approximate surface area is 129 Å². The van der Waals surface area contributed by atoms with Gasteiger partial charge in [0.05, 0.1) is 0 Å². The van der Waals surface area contributed by atoms with Gasteiger partial charge in [0.25, 0.3) is 0 Å². The average Bonchev–Trinajstić information content (AvgIpc) is 2.52. The van der Waals surface area contributed by atoms with E-state index < -0.39 is 0 Å². The number of carbonyl (C=O) groups is 2. The second-order valence-electron chi connectivity index (χ2n) is 5.01. The molecule has 0 radical (unpaired) electrons. The quantitative estimate of drug-likeness (QED) is 0.686. The van der Waals surface area contributed by atoms with Crippen LogP contribution in [0.3, 0.4) is 0 Å². The molecule has 1 aliphatic heterocycles. The number of aliphatic hydroxyl groups is 1. The van der Waals surface area contributed by atoms with Crippen molar-refractivity contribution >= 4 is 12.7 Å². The van der Waals surface area contributed by atoms with Crippen molar-refractivity contribution in [1.82, 2.24) is 15.1 Å². The lowest BCUT2D eigenvalue weighted by molar-refractivity contribution is -0.113. The molecule has 6 heteroatoms. The van der Waals surface area contributed by atoms with Crippen LogP contribution in [-0.4, -0.2) is 80.5 Å². The van der Waals surface area contributed by atoms with Gasteiger partial charge in [0, 0.05) is 44.7 Å². The van der Waals surface area contributed by atoms with Gasteiger partial charge in [-0.1, -0.05) is 20.8 Å². The zero-order valence-corrected chi connectivity index (χ0v) is 14.2. The van der Waals surface area contributed by atoms with Crippen molar-refractivity contribution in [3.05, 3.63) is 0 Å². The van der Waals surface area contributed by atoms with E-state index in [9.17, 15) is 9.59 Å². The van der Waals surface area contributed by atoms with E-state index in [-0.39, 0.29) is 18.6 Å². The number of carbonyl (C=O) groups excluding carboxylic acids is 2. The van der Waals surface area contributed by atoms with Crippen molar-refractivity contribution in [2.24, 2.45) is 5.92 Å². The predicted octanol–water partition coefficient (Wildman–Crippen LogP) is 0.208. The summed E-state index contributed by atoms with van der Waals surface area (Å²) in [5.41, 5.74) is 0. The van der Waals surface area contributed by atoms with E-state index >= 15 is 0 Å². The fraction of sp³-hybridized carbons (Fsp3) is 0.867. The minimum absolute atomic E-state index is 0.0241. The third-order valence-corrected chi connectivity index (χ3v) is 3.30. The van der Waals surface area contributed by atoms with Crippen LogP contribution in [0.1, 0.15) is 27.2 Å². The van der Waals surface area contributed by atoms with E-state index in [0.717, 1.165) is 6.29 Å². The normalized spacial score (nSPS) is 18.2. The van der Waals surface area contributed by atoms with Crippen LogP contribution < -0.4 is 5.32 Å². The van der Waals surface area contributed by atoms with Gasteiger partial charge in [-0.2, -0.15) is 0 Å². The maximum absolute atomic E-state index is 10.3. The highest BCUT2D eigenvalue weighted by Crippen LogP contribution is 2.02. The van der Waals surface area contributed by atoms with Gasteiger partial charge in [-0.25, -0.2) is 0 Å². The molecule has 126 valence electrons. The number of aliphatic hydroxyl groups excluding tert-OH is 1. The number of likely N-dealkylation sites (N-methyl/N-ethyl adjacent to an activating group) is 2. The molecule has 6 nitrogen and oxygen atoms in total. The first-order valence-corrected chi connectivity index (χ1v) is 7.68. The molecule has 1 heterocycles. The highest BCUT2D eigenvalue weighted by atomic mass is 16.3. The summed E-state index contributed by atoms with van der Waals surface area (Å²) in [6.07, 6.45) is 1.72.